The van der Waals surface area contributed by atoms with Gasteiger partial charge in [-0.05, 0) is 6.92 Å². The van der Waals surface area contributed by atoms with E-state index in [0.29, 0.717) is 13.0 Å². The van der Waals surface area contributed by atoms with Crippen LogP contribution in [0.15, 0.2) is 12.3 Å². The summed E-state index contributed by atoms with van der Waals surface area (Å²) in [6.45, 7) is 2.25. The maximum atomic E-state index is 10.7. The molecular formula is C10H10ClN3O2. The molecule has 0 aliphatic rings. The predicted molar refractivity (Wildman–Crippen MR) is 62.5 cm³/mol. The molecule has 0 fully saturated rings. The Morgan fingerprint density at radius 3 is 3.06 bits per heavy atom. The van der Waals surface area contributed by atoms with Crippen molar-refractivity contribution in [2.45, 2.75) is 13.3 Å². The summed E-state index contributed by atoms with van der Waals surface area (Å²) in [7, 11) is 0. The Bertz CT molecular complexity index is 451. The van der Waals surface area contributed by atoms with E-state index in [2.05, 4.69) is 22.1 Å². The van der Waals surface area contributed by atoms with Crippen LogP contribution in [0.25, 0.3) is 0 Å². The summed E-state index contributed by atoms with van der Waals surface area (Å²) < 4.78 is 0. The van der Waals surface area contributed by atoms with E-state index in [1.54, 1.807) is 6.92 Å². The molecular weight excluding hydrogens is 230 g/mol. The number of halogens is 1. The van der Waals surface area contributed by atoms with Gasteiger partial charge in [0.1, 0.15) is 0 Å². The normalized spacial score (nSPS) is 9.12. The SMILES string of the molecule is CC#CCCNc1ncc(Cl)cc1[N+](=O)[O-]. The van der Waals surface area contributed by atoms with E-state index in [1.165, 1.54) is 12.3 Å². The maximum Gasteiger partial charge on any atom is 0.312 e. The Kier molecular flexibility index (Phi) is 4.55. The molecule has 0 saturated heterocycles. The van der Waals surface area contributed by atoms with Crippen LogP contribution in [0.4, 0.5) is 11.5 Å². The number of hydrogen-bond acceptors (Lipinski definition) is 4. The lowest BCUT2D eigenvalue weighted by molar-refractivity contribution is -0.384. The van der Waals surface area contributed by atoms with Crippen molar-refractivity contribution in [3.8, 4) is 11.8 Å². The maximum absolute atomic E-state index is 10.7. The highest BCUT2D eigenvalue weighted by Crippen LogP contribution is 2.24. The lowest BCUT2D eigenvalue weighted by Crippen LogP contribution is -2.05. The first-order valence-corrected chi connectivity index (χ1v) is 4.96. The fourth-order valence-electron chi connectivity index (χ4n) is 1.07. The average Bonchev–Trinajstić information content (AvgIpc) is 2.26. The van der Waals surface area contributed by atoms with Crippen molar-refractivity contribution in [1.29, 1.82) is 0 Å². The molecule has 1 rings (SSSR count). The van der Waals surface area contributed by atoms with Crippen molar-refractivity contribution >= 4 is 23.1 Å². The molecule has 1 aromatic heterocycles. The summed E-state index contributed by atoms with van der Waals surface area (Å²) in [6.07, 6.45) is 1.97. The van der Waals surface area contributed by atoms with Gasteiger partial charge in [-0.1, -0.05) is 11.6 Å². The summed E-state index contributed by atoms with van der Waals surface area (Å²) in [5.41, 5.74) is -0.128. The van der Waals surface area contributed by atoms with E-state index in [9.17, 15) is 10.1 Å². The highest BCUT2D eigenvalue weighted by atomic mass is 35.5. The lowest BCUT2D eigenvalue weighted by Gasteiger charge is -2.03. The van der Waals surface area contributed by atoms with Gasteiger partial charge in [0, 0.05) is 25.2 Å². The molecule has 0 saturated carbocycles. The molecule has 1 heterocycles. The zero-order valence-electron chi connectivity index (χ0n) is 8.66. The zero-order valence-corrected chi connectivity index (χ0v) is 9.41. The number of hydrogen-bond donors (Lipinski definition) is 1. The van der Waals surface area contributed by atoms with Crippen molar-refractivity contribution in [3.05, 3.63) is 27.4 Å². The number of nitrogens with one attached hydrogen (secondary N) is 1. The highest BCUT2D eigenvalue weighted by molar-refractivity contribution is 6.30. The molecule has 84 valence electrons. The van der Waals surface area contributed by atoms with Gasteiger partial charge in [-0.2, -0.15) is 0 Å². The molecule has 0 aromatic carbocycles. The van der Waals surface area contributed by atoms with Crippen LogP contribution in [0.5, 0.6) is 0 Å². The molecule has 1 aromatic rings. The first-order chi connectivity index (χ1) is 7.65. The first-order valence-electron chi connectivity index (χ1n) is 4.58. The van der Waals surface area contributed by atoms with Crippen LogP contribution in [0.2, 0.25) is 5.02 Å². The fraction of sp³-hybridized carbons (Fsp3) is 0.300. The molecule has 5 nitrogen and oxygen atoms in total. The largest absolute Gasteiger partial charge is 0.363 e. The Hall–Kier alpha value is -1.80. The van der Waals surface area contributed by atoms with Crippen LogP contribution in [-0.4, -0.2) is 16.5 Å². The summed E-state index contributed by atoms with van der Waals surface area (Å²) >= 11 is 5.63. The van der Waals surface area contributed by atoms with Gasteiger partial charge < -0.3 is 5.32 Å². The standard InChI is InChI=1S/C10H10ClN3O2/c1-2-3-4-5-12-10-9(14(15)16)6-8(11)7-13-10/h6-7H,4-5H2,1H3,(H,12,13). The van der Waals surface area contributed by atoms with E-state index >= 15 is 0 Å². The molecule has 0 aliphatic heterocycles. The molecule has 16 heavy (non-hydrogen) atoms. The number of rotatable bonds is 4. The molecule has 0 atom stereocenters. The summed E-state index contributed by atoms with van der Waals surface area (Å²) in [5.74, 6) is 5.79. The minimum Gasteiger partial charge on any atom is -0.363 e. The van der Waals surface area contributed by atoms with E-state index in [4.69, 9.17) is 11.6 Å². The first kappa shape index (κ1) is 12.3. The van der Waals surface area contributed by atoms with Gasteiger partial charge in [-0.25, -0.2) is 4.98 Å². The third-order valence-electron chi connectivity index (χ3n) is 1.75. The topological polar surface area (TPSA) is 68.1 Å². The Morgan fingerprint density at radius 2 is 2.44 bits per heavy atom. The minimum atomic E-state index is -0.521. The van der Waals surface area contributed by atoms with Crippen LogP contribution >= 0.6 is 11.6 Å². The zero-order chi connectivity index (χ0) is 12.0. The Morgan fingerprint density at radius 1 is 1.69 bits per heavy atom. The summed E-state index contributed by atoms with van der Waals surface area (Å²) in [4.78, 5) is 14.0. The van der Waals surface area contributed by atoms with Crippen LogP contribution in [0, 0.1) is 22.0 Å². The van der Waals surface area contributed by atoms with Gasteiger partial charge in [-0.15, -0.1) is 11.8 Å². The van der Waals surface area contributed by atoms with Gasteiger partial charge in [0.2, 0.25) is 5.82 Å². The number of pyridine rings is 1. The molecule has 0 spiro atoms. The van der Waals surface area contributed by atoms with Crippen LogP contribution in [0.3, 0.4) is 0 Å². The molecule has 0 aliphatic carbocycles. The van der Waals surface area contributed by atoms with Gasteiger partial charge in [0.05, 0.1) is 9.95 Å². The number of aromatic nitrogens is 1. The second kappa shape index (κ2) is 5.93. The van der Waals surface area contributed by atoms with Gasteiger partial charge >= 0.3 is 5.69 Å². The molecule has 0 bridgehead atoms. The summed E-state index contributed by atoms with van der Waals surface area (Å²) in [6, 6.07) is 1.27. The molecule has 6 heteroatoms. The van der Waals surface area contributed by atoms with E-state index < -0.39 is 4.92 Å². The molecule has 0 radical (unpaired) electrons. The van der Waals surface area contributed by atoms with E-state index in [1.807, 2.05) is 0 Å². The Labute approximate surface area is 98.0 Å². The lowest BCUT2D eigenvalue weighted by atomic mass is 10.3. The van der Waals surface area contributed by atoms with E-state index in [-0.39, 0.29) is 16.5 Å². The van der Waals surface area contributed by atoms with Crippen LogP contribution in [0.1, 0.15) is 13.3 Å². The van der Waals surface area contributed by atoms with Crippen molar-refractivity contribution < 1.29 is 4.92 Å². The molecule has 0 amide bonds. The van der Waals surface area contributed by atoms with Crippen molar-refractivity contribution in [3.63, 3.8) is 0 Å². The summed E-state index contributed by atoms with van der Waals surface area (Å²) in [5, 5.41) is 13.8. The number of anilines is 1. The van der Waals surface area contributed by atoms with E-state index in [0.717, 1.165) is 0 Å². The van der Waals surface area contributed by atoms with Gasteiger partial charge in [0.25, 0.3) is 0 Å². The monoisotopic (exact) mass is 239 g/mol. The Balaban J connectivity index is 2.77. The van der Waals surface area contributed by atoms with Crippen LogP contribution < -0.4 is 5.32 Å². The predicted octanol–water partition coefficient (Wildman–Crippen LogP) is 2.47. The molecule has 1 N–H and O–H groups in total. The highest BCUT2D eigenvalue weighted by Gasteiger charge is 2.15. The quantitative estimate of drug-likeness (QED) is 0.379. The second-order valence-electron chi connectivity index (χ2n) is 2.88. The van der Waals surface area contributed by atoms with Gasteiger partial charge in [0.15, 0.2) is 0 Å². The number of nitrogens with zero attached hydrogens (tertiary/aromatic N) is 2. The third-order valence-corrected chi connectivity index (χ3v) is 1.96. The van der Waals surface area contributed by atoms with Gasteiger partial charge in [-0.3, -0.25) is 10.1 Å². The van der Waals surface area contributed by atoms with Crippen molar-refractivity contribution in [1.82, 2.24) is 4.98 Å². The van der Waals surface area contributed by atoms with Crippen molar-refractivity contribution in [2.24, 2.45) is 0 Å². The fourth-order valence-corrected chi connectivity index (χ4v) is 1.22. The van der Waals surface area contributed by atoms with Crippen LogP contribution in [-0.2, 0) is 0 Å². The molecule has 0 unspecified atom stereocenters. The van der Waals surface area contributed by atoms with Crippen molar-refractivity contribution in [2.75, 3.05) is 11.9 Å². The smallest absolute Gasteiger partial charge is 0.312 e. The number of nitro groups is 1. The second-order valence-corrected chi connectivity index (χ2v) is 3.32. The third kappa shape index (κ3) is 3.41. The minimum absolute atomic E-state index is 0.128. The average molecular weight is 240 g/mol.